The predicted octanol–water partition coefficient (Wildman–Crippen LogP) is 13.4. The third-order valence-electron chi connectivity index (χ3n) is 10.3. The van der Waals surface area contributed by atoms with Gasteiger partial charge in [-0.1, -0.05) is 121 Å². The van der Waals surface area contributed by atoms with Gasteiger partial charge in [0.2, 0.25) is 0 Å². The Labute approximate surface area is 280 Å². The van der Waals surface area contributed by atoms with E-state index in [1.165, 1.54) is 102 Å². The Morgan fingerprint density at radius 3 is 1.77 bits per heavy atom. The molecule has 0 amide bonds. The highest BCUT2D eigenvalue weighted by Crippen LogP contribution is 2.44. The molecule has 0 spiro atoms. The zero-order valence-corrected chi connectivity index (χ0v) is 26.8. The number of benzene rings is 9. The summed E-state index contributed by atoms with van der Waals surface area (Å²) in [6.45, 7) is 0. The molecule has 0 radical (unpaired) electrons. The molecule has 48 heavy (non-hydrogen) atoms. The molecular formula is C46H27NS. The fraction of sp³-hybridized carbons (Fsp3) is 0. The second kappa shape index (κ2) is 9.78. The lowest BCUT2D eigenvalue weighted by atomic mass is 9.93. The topological polar surface area (TPSA) is 4.93 Å². The molecule has 222 valence electrons. The number of hydrogen-bond donors (Lipinski definition) is 0. The fourth-order valence-corrected chi connectivity index (χ4v) is 9.39. The first-order valence-electron chi connectivity index (χ1n) is 16.5. The molecule has 2 heteroatoms. The van der Waals surface area contributed by atoms with Crippen molar-refractivity contribution in [3.05, 3.63) is 164 Å². The molecule has 0 saturated carbocycles. The molecule has 1 nitrogen and oxygen atoms in total. The van der Waals surface area contributed by atoms with E-state index in [0.29, 0.717) is 0 Å². The van der Waals surface area contributed by atoms with E-state index in [4.69, 9.17) is 0 Å². The standard InChI is InChI=1S/C46H27NS/c1-2-11-29-24-31(22-20-28(29)10-1)47-43-23-21-30(32-17-9-18-38-37-16-7-8-19-45(37)48-46(32)38)25-41(43)42-26-39-35-14-5-3-12-33(35)34-13-4-6-15-36(34)40(39)27-44(42)47/h1-27H. The van der Waals surface area contributed by atoms with Gasteiger partial charge in [-0.15, -0.1) is 11.3 Å². The first-order chi connectivity index (χ1) is 23.8. The molecule has 0 saturated heterocycles. The first-order valence-corrected chi connectivity index (χ1v) is 17.3. The highest BCUT2D eigenvalue weighted by Gasteiger charge is 2.18. The Morgan fingerprint density at radius 2 is 0.979 bits per heavy atom. The molecule has 0 fully saturated rings. The molecule has 9 aromatic carbocycles. The van der Waals surface area contributed by atoms with Gasteiger partial charge >= 0.3 is 0 Å². The van der Waals surface area contributed by atoms with E-state index in [1.54, 1.807) is 0 Å². The Morgan fingerprint density at radius 1 is 0.354 bits per heavy atom. The molecule has 11 rings (SSSR count). The van der Waals surface area contributed by atoms with Crippen LogP contribution in [0.4, 0.5) is 0 Å². The van der Waals surface area contributed by atoms with Gasteiger partial charge in [-0.3, -0.25) is 0 Å². The Hall–Kier alpha value is -5.96. The molecule has 0 atom stereocenters. The SMILES string of the molecule is c1ccc2cc(-n3c4ccc(-c5cccc6c5sc5ccccc56)cc4c4cc5c6ccccc6c6ccccc6c5cc43)ccc2c1. The highest BCUT2D eigenvalue weighted by molar-refractivity contribution is 7.26. The molecule has 0 bridgehead atoms. The van der Waals surface area contributed by atoms with Crippen LogP contribution in [0.15, 0.2) is 164 Å². The summed E-state index contributed by atoms with van der Waals surface area (Å²) < 4.78 is 5.16. The molecule has 0 unspecified atom stereocenters. The minimum Gasteiger partial charge on any atom is -0.309 e. The molecule has 0 N–H and O–H groups in total. The molecule has 0 aliphatic rings. The molecule has 0 aliphatic carbocycles. The maximum Gasteiger partial charge on any atom is 0.0547 e. The van der Waals surface area contributed by atoms with Gasteiger partial charge < -0.3 is 4.57 Å². The van der Waals surface area contributed by atoms with E-state index in [9.17, 15) is 0 Å². The van der Waals surface area contributed by atoms with E-state index in [0.717, 1.165) is 0 Å². The van der Waals surface area contributed by atoms with Gasteiger partial charge in [-0.05, 0) is 96.7 Å². The molecule has 0 aliphatic heterocycles. The monoisotopic (exact) mass is 625 g/mol. The summed E-state index contributed by atoms with van der Waals surface area (Å²) in [5.74, 6) is 0. The number of thiophene rings is 1. The predicted molar refractivity (Wildman–Crippen MR) is 209 cm³/mol. The van der Waals surface area contributed by atoms with Crippen LogP contribution in [0.1, 0.15) is 0 Å². The van der Waals surface area contributed by atoms with Crippen LogP contribution in [0, 0.1) is 0 Å². The number of aromatic nitrogens is 1. The van der Waals surface area contributed by atoms with Crippen molar-refractivity contribution in [2.24, 2.45) is 0 Å². The lowest BCUT2D eigenvalue weighted by molar-refractivity contribution is 1.19. The number of fused-ring (bicyclic) bond motifs is 13. The molecule has 11 aromatic rings. The highest BCUT2D eigenvalue weighted by atomic mass is 32.1. The van der Waals surface area contributed by atoms with Crippen molar-refractivity contribution in [3.63, 3.8) is 0 Å². The van der Waals surface area contributed by atoms with Crippen molar-refractivity contribution in [1.82, 2.24) is 4.57 Å². The van der Waals surface area contributed by atoms with Crippen LogP contribution in [-0.2, 0) is 0 Å². The number of nitrogens with zero attached hydrogens (tertiary/aromatic N) is 1. The minimum atomic E-state index is 1.18. The van der Waals surface area contributed by atoms with Crippen LogP contribution in [0.3, 0.4) is 0 Å². The summed E-state index contributed by atoms with van der Waals surface area (Å²) in [4.78, 5) is 0. The number of hydrogen-bond acceptors (Lipinski definition) is 1. The zero-order valence-electron chi connectivity index (χ0n) is 25.9. The average molecular weight is 626 g/mol. The van der Waals surface area contributed by atoms with Crippen LogP contribution in [-0.4, -0.2) is 4.57 Å². The van der Waals surface area contributed by atoms with Crippen LogP contribution in [0.5, 0.6) is 0 Å². The average Bonchev–Trinajstić information content (AvgIpc) is 3.69. The summed E-state index contributed by atoms with van der Waals surface area (Å²) in [6.07, 6.45) is 0. The summed E-state index contributed by atoms with van der Waals surface area (Å²) in [6, 6.07) is 60.8. The van der Waals surface area contributed by atoms with Gasteiger partial charge in [0.1, 0.15) is 0 Å². The largest absolute Gasteiger partial charge is 0.309 e. The van der Waals surface area contributed by atoms with Gasteiger partial charge in [0.15, 0.2) is 0 Å². The second-order valence-corrected chi connectivity index (χ2v) is 13.9. The van der Waals surface area contributed by atoms with Crippen molar-refractivity contribution in [1.29, 1.82) is 0 Å². The zero-order chi connectivity index (χ0) is 31.3. The smallest absolute Gasteiger partial charge is 0.0547 e. The van der Waals surface area contributed by atoms with E-state index in [2.05, 4.69) is 168 Å². The molecule has 2 aromatic heterocycles. The quantitative estimate of drug-likeness (QED) is 0.168. The van der Waals surface area contributed by atoms with Crippen molar-refractivity contribution in [2.75, 3.05) is 0 Å². The van der Waals surface area contributed by atoms with Crippen molar-refractivity contribution in [2.45, 2.75) is 0 Å². The van der Waals surface area contributed by atoms with Gasteiger partial charge in [0.25, 0.3) is 0 Å². The maximum absolute atomic E-state index is 2.48. The van der Waals surface area contributed by atoms with Crippen molar-refractivity contribution < 1.29 is 0 Å². The van der Waals surface area contributed by atoms with Crippen molar-refractivity contribution in [3.8, 4) is 16.8 Å². The maximum atomic E-state index is 2.48. The summed E-state index contributed by atoms with van der Waals surface area (Å²) in [5.41, 5.74) is 6.17. The number of rotatable bonds is 2. The lowest BCUT2D eigenvalue weighted by Gasteiger charge is -2.13. The molecule has 2 heterocycles. The van der Waals surface area contributed by atoms with E-state index in [-0.39, 0.29) is 0 Å². The second-order valence-electron chi connectivity index (χ2n) is 12.9. The molecular weight excluding hydrogens is 599 g/mol. The van der Waals surface area contributed by atoms with Crippen LogP contribution >= 0.6 is 11.3 Å². The summed E-state index contributed by atoms with van der Waals surface area (Å²) in [5, 5.41) is 15.5. The Kier molecular flexibility index (Phi) is 5.32. The van der Waals surface area contributed by atoms with E-state index < -0.39 is 0 Å². The van der Waals surface area contributed by atoms with Gasteiger partial charge in [-0.25, -0.2) is 0 Å². The third-order valence-corrected chi connectivity index (χ3v) is 11.6. The fourth-order valence-electron chi connectivity index (χ4n) is 8.15. The van der Waals surface area contributed by atoms with E-state index >= 15 is 0 Å². The van der Waals surface area contributed by atoms with Crippen LogP contribution in [0.25, 0.3) is 102 Å². The van der Waals surface area contributed by atoms with Gasteiger partial charge in [0, 0.05) is 36.6 Å². The summed E-state index contributed by atoms with van der Waals surface area (Å²) >= 11 is 1.89. The van der Waals surface area contributed by atoms with Gasteiger partial charge in [0.05, 0.1) is 11.0 Å². The third kappa shape index (κ3) is 3.61. The van der Waals surface area contributed by atoms with Crippen LogP contribution < -0.4 is 0 Å². The van der Waals surface area contributed by atoms with Gasteiger partial charge in [-0.2, -0.15) is 0 Å². The Balaban J connectivity index is 1.28. The summed E-state index contributed by atoms with van der Waals surface area (Å²) in [7, 11) is 0. The normalized spacial score (nSPS) is 12.2. The lowest BCUT2D eigenvalue weighted by Crippen LogP contribution is -1.94. The van der Waals surface area contributed by atoms with Crippen molar-refractivity contribution >= 4 is 96.4 Å². The first kappa shape index (κ1) is 26.1. The Bertz CT molecular complexity index is 3120. The van der Waals surface area contributed by atoms with E-state index in [1.807, 2.05) is 11.3 Å². The minimum absolute atomic E-state index is 1.18. The van der Waals surface area contributed by atoms with Crippen LogP contribution in [0.2, 0.25) is 0 Å².